The smallest absolute Gasteiger partial charge is 0.161 e. The molecular formula is C12H16BrFN2S2. The molecule has 1 aromatic rings. The molecule has 0 aliphatic heterocycles. The molecule has 0 bridgehead atoms. The number of anilines is 1. The molecule has 100 valence electrons. The van der Waals surface area contributed by atoms with Gasteiger partial charge in [-0.2, -0.15) is 11.8 Å². The molecule has 0 aliphatic carbocycles. The largest absolute Gasteiger partial charge is 0.389 e. The summed E-state index contributed by atoms with van der Waals surface area (Å²) in [6.07, 6.45) is 1.01. The van der Waals surface area contributed by atoms with Crippen LogP contribution in [0.15, 0.2) is 16.6 Å². The van der Waals surface area contributed by atoms with E-state index in [4.69, 9.17) is 18.0 Å². The average molecular weight is 351 g/mol. The van der Waals surface area contributed by atoms with Gasteiger partial charge in [0.05, 0.1) is 10.2 Å². The first kappa shape index (κ1) is 15.7. The predicted octanol–water partition coefficient (Wildman–Crippen LogP) is 3.78. The third-order valence-electron chi connectivity index (χ3n) is 2.33. The molecule has 1 rings (SSSR count). The molecule has 0 heterocycles. The molecule has 0 spiro atoms. The Morgan fingerprint density at radius 1 is 1.56 bits per heavy atom. The van der Waals surface area contributed by atoms with Crippen LogP contribution in [-0.2, 0) is 0 Å². The molecule has 0 saturated heterocycles. The van der Waals surface area contributed by atoms with E-state index in [0.29, 0.717) is 15.7 Å². The summed E-state index contributed by atoms with van der Waals surface area (Å²) in [6.45, 7) is 2.88. The highest BCUT2D eigenvalue weighted by Gasteiger charge is 2.12. The van der Waals surface area contributed by atoms with Crippen LogP contribution in [-0.4, -0.2) is 23.0 Å². The number of nitrogens with two attached hydrogens (primary N) is 1. The molecule has 1 aromatic carbocycles. The summed E-state index contributed by atoms with van der Waals surface area (Å²) in [5, 5.41) is 3.08. The van der Waals surface area contributed by atoms with E-state index in [2.05, 4.69) is 28.2 Å². The average Bonchev–Trinajstić information content (AvgIpc) is 2.33. The van der Waals surface area contributed by atoms with Gasteiger partial charge in [-0.25, -0.2) is 4.39 Å². The summed E-state index contributed by atoms with van der Waals surface area (Å²) >= 11 is 9.90. The van der Waals surface area contributed by atoms with E-state index in [0.717, 1.165) is 24.5 Å². The maximum Gasteiger partial charge on any atom is 0.161 e. The lowest BCUT2D eigenvalue weighted by Gasteiger charge is -2.11. The van der Waals surface area contributed by atoms with Gasteiger partial charge in [0.15, 0.2) is 5.82 Å². The van der Waals surface area contributed by atoms with Gasteiger partial charge in [-0.1, -0.05) is 19.1 Å². The molecule has 0 aliphatic rings. The van der Waals surface area contributed by atoms with Crippen molar-refractivity contribution >= 4 is 50.6 Å². The first-order valence-corrected chi connectivity index (χ1v) is 8.03. The second kappa shape index (κ2) is 7.96. The number of hydrogen-bond donors (Lipinski definition) is 2. The van der Waals surface area contributed by atoms with Gasteiger partial charge in [0.25, 0.3) is 0 Å². The lowest BCUT2D eigenvalue weighted by Crippen LogP contribution is -2.12. The van der Waals surface area contributed by atoms with Gasteiger partial charge in [-0.15, -0.1) is 0 Å². The highest BCUT2D eigenvalue weighted by atomic mass is 79.9. The summed E-state index contributed by atoms with van der Waals surface area (Å²) in [4.78, 5) is 0.187. The molecule has 0 amide bonds. The minimum atomic E-state index is -0.344. The van der Waals surface area contributed by atoms with E-state index in [-0.39, 0.29) is 10.8 Å². The summed E-state index contributed by atoms with van der Waals surface area (Å²) in [5.74, 6) is 1.85. The Hall–Kier alpha value is -0.330. The Morgan fingerprint density at radius 3 is 2.89 bits per heavy atom. The Labute approximate surface area is 125 Å². The third-order valence-corrected chi connectivity index (χ3v) is 4.31. The van der Waals surface area contributed by atoms with Gasteiger partial charge >= 0.3 is 0 Å². The maximum atomic E-state index is 14.0. The van der Waals surface area contributed by atoms with Crippen LogP contribution in [0.2, 0.25) is 0 Å². The van der Waals surface area contributed by atoms with Gasteiger partial charge < -0.3 is 11.1 Å². The highest BCUT2D eigenvalue weighted by Crippen LogP contribution is 2.27. The van der Waals surface area contributed by atoms with Crippen LogP contribution in [0.5, 0.6) is 0 Å². The molecule has 0 unspecified atom stereocenters. The minimum Gasteiger partial charge on any atom is -0.389 e. The molecule has 0 aromatic heterocycles. The zero-order valence-electron chi connectivity index (χ0n) is 10.1. The Bertz CT molecular complexity index is 427. The molecule has 0 fully saturated rings. The van der Waals surface area contributed by atoms with Gasteiger partial charge in [0.2, 0.25) is 0 Å². The van der Waals surface area contributed by atoms with Crippen molar-refractivity contribution in [1.82, 2.24) is 0 Å². The van der Waals surface area contributed by atoms with Crippen LogP contribution < -0.4 is 11.1 Å². The van der Waals surface area contributed by atoms with Crippen LogP contribution in [0.4, 0.5) is 10.1 Å². The van der Waals surface area contributed by atoms with Crippen molar-refractivity contribution in [3.05, 3.63) is 28.0 Å². The summed E-state index contributed by atoms with van der Waals surface area (Å²) in [7, 11) is 0. The van der Waals surface area contributed by atoms with E-state index >= 15 is 0 Å². The minimum absolute atomic E-state index is 0.187. The molecule has 18 heavy (non-hydrogen) atoms. The number of thiocarbonyl (C=S) groups is 1. The van der Waals surface area contributed by atoms with E-state index in [1.807, 2.05) is 11.8 Å². The first-order chi connectivity index (χ1) is 8.57. The maximum absolute atomic E-state index is 14.0. The van der Waals surface area contributed by atoms with Crippen LogP contribution in [0.1, 0.15) is 18.9 Å². The number of halogens is 2. The van der Waals surface area contributed by atoms with E-state index in [1.54, 1.807) is 12.1 Å². The number of thioether (sulfide) groups is 1. The van der Waals surface area contributed by atoms with Crippen LogP contribution in [0, 0.1) is 5.82 Å². The summed E-state index contributed by atoms with van der Waals surface area (Å²) in [6, 6.07) is 3.39. The monoisotopic (exact) mass is 350 g/mol. The third kappa shape index (κ3) is 4.40. The second-order valence-electron chi connectivity index (χ2n) is 3.63. The van der Waals surface area contributed by atoms with E-state index < -0.39 is 0 Å². The Morgan fingerprint density at radius 2 is 2.28 bits per heavy atom. The molecule has 0 radical (unpaired) electrons. The van der Waals surface area contributed by atoms with Crippen LogP contribution in [0.25, 0.3) is 0 Å². The van der Waals surface area contributed by atoms with Gasteiger partial charge in [-0.3, -0.25) is 0 Å². The quantitative estimate of drug-likeness (QED) is 0.579. The normalized spacial score (nSPS) is 10.4. The van der Waals surface area contributed by atoms with Crippen molar-refractivity contribution in [2.75, 3.05) is 23.4 Å². The molecule has 2 nitrogen and oxygen atoms in total. The van der Waals surface area contributed by atoms with Crippen molar-refractivity contribution in [3.8, 4) is 0 Å². The Balaban J connectivity index is 2.62. The van der Waals surface area contributed by atoms with Gasteiger partial charge in [0, 0.05) is 12.1 Å². The summed E-state index contributed by atoms with van der Waals surface area (Å²) in [5.41, 5.74) is 6.50. The standard InChI is InChI=1S/C12H16BrFN2S2/c1-2-18-7-3-6-16-9-5-4-8(12(15)17)10(13)11(9)14/h4-5,16H,2-3,6-7H2,1H3,(H2,15,17). The molecule has 0 saturated carbocycles. The highest BCUT2D eigenvalue weighted by molar-refractivity contribution is 9.10. The topological polar surface area (TPSA) is 38.0 Å². The summed E-state index contributed by atoms with van der Waals surface area (Å²) < 4.78 is 14.3. The van der Waals surface area contributed by atoms with Crippen molar-refractivity contribution in [1.29, 1.82) is 0 Å². The van der Waals surface area contributed by atoms with Crippen molar-refractivity contribution < 1.29 is 4.39 Å². The Kier molecular flexibility index (Phi) is 6.96. The van der Waals surface area contributed by atoms with E-state index in [9.17, 15) is 4.39 Å². The number of rotatable bonds is 7. The van der Waals surface area contributed by atoms with Crippen LogP contribution in [0.3, 0.4) is 0 Å². The molecular weight excluding hydrogens is 335 g/mol. The predicted molar refractivity (Wildman–Crippen MR) is 86.1 cm³/mol. The van der Waals surface area contributed by atoms with Crippen molar-refractivity contribution in [2.24, 2.45) is 5.73 Å². The van der Waals surface area contributed by atoms with Gasteiger partial charge in [0.1, 0.15) is 4.99 Å². The lowest BCUT2D eigenvalue weighted by molar-refractivity contribution is 0.623. The SMILES string of the molecule is CCSCCCNc1ccc(C(N)=S)c(Br)c1F. The molecule has 0 atom stereocenters. The molecule has 6 heteroatoms. The first-order valence-electron chi connectivity index (χ1n) is 5.67. The number of hydrogen-bond acceptors (Lipinski definition) is 3. The van der Waals surface area contributed by atoms with Crippen LogP contribution >= 0.6 is 39.9 Å². The fourth-order valence-corrected chi connectivity index (χ4v) is 2.92. The zero-order valence-corrected chi connectivity index (χ0v) is 13.4. The zero-order chi connectivity index (χ0) is 13.5. The number of benzene rings is 1. The lowest BCUT2D eigenvalue weighted by atomic mass is 10.2. The number of nitrogens with one attached hydrogen (secondary N) is 1. The fourth-order valence-electron chi connectivity index (χ4n) is 1.42. The van der Waals surface area contributed by atoms with Crippen molar-refractivity contribution in [2.45, 2.75) is 13.3 Å². The second-order valence-corrected chi connectivity index (χ2v) is 6.26. The van der Waals surface area contributed by atoms with E-state index in [1.165, 1.54) is 0 Å². The fraction of sp³-hybridized carbons (Fsp3) is 0.417. The van der Waals surface area contributed by atoms with Crippen molar-refractivity contribution in [3.63, 3.8) is 0 Å². The molecule has 3 N–H and O–H groups in total. The van der Waals surface area contributed by atoms with Gasteiger partial charge in [-0.05, 0) is 46.0 Å².